The molecule has 8 nitrogen and oxygen atoms in total. The van der Waals surface area contributed by atoms with E-state index in [1.165, 1.54) is 0 Å². The van der Waals surface area contributed by atoms with E-state index in [-0.39, 0.29) is 12.2 Å². The van der Waals surface area contributed by atoms with Crippen molar-refractivity contribution in [1.82, 2.24) is 5.32 Å². The number of hydrogen-bond donors (Lipinski definition) is 3. The Bertz CT molecular complexity index is 508. The number of imide groups is 1. The van der Waals surface area contributed by atoms with Crippen LogP contribution in [0.1, 0.15) is 26.2 Å². The van der Waals surface area contributed by atoms with E-state index in [4.69, 9.17) is 10.8 Å². The summed E-state index contributed by atoms with van der Waals surface area (Å²) >= 11 is 0. The van der Waals surface area contributed by atoms with Gasteiger partial charge >= 0.3 is 12.0 Å². The van der Waals surface area contributed by atoms with Crippen LogP contribution in [-0.4, -0.2) is 42.4 Å². The molecule has 0 aromatic carbocycles. The Morgan fingerprint density at radius 2 is 1.89 bits per heavy atom. The molecule has 1 aliphatic carbocycles. The number of carboxylic acids is 1. The fourth-order valence-corrected chi connectivity index (χ4v) is 3.69. The van der Waals surface area contributed by atoms with Gasteiger partial charge in [-0.05, 0) is 25.2 Å². The van der Waals surface area contributed by atoms with Crippen molar-refractivity contribution >= 4 is 27.7 Å². The van der Waals surface area contributed by atoms with Gasteiger partial charge in [0, 0.05) is 0 Å². The minimum Gasteiger partial charge on any atom is -0.481 e. The molecular formula is C10H16N2O6S. The monoisotopic (exact) mass is 292 g/mol. The highest BCUT2D eigenvalue weighted by Crippen LogP contribution is 2.50. The van der Waals surface area contributed by atoms with E-state index >= 15 is 0 Å². The number of carbonyl (C=O) groups is 3. The number of carbonyl (C=O) groups excluding carboxylic acids is 2. The maximum atomic E-state index is 12.0. The highest BCUT2D eigenvalue weighted by molar-refractivity contribution is 7.92. The zero-order valence-corrected chi connectivity index (χ0v) is 11.2. The largest absolute Gasteiger partial charge is 0.481 e. The second-order valence-corrected chi connectivity index (χ2v) is 7.19. The van der Waals surface area contributed by atoms with E-state index in [1.807, 2.05) is 0 Å². The molecule has 108 valence electrons. The van der Waals surface area contributed by atoms with Crippen LogP contribution in [0.15, 0.2) is 0 Å². The average molecular weight is 292 g/mol. The van der Waals surface area contributed by atoms with Gasteiger partial charge in [0.25, 0.3) is 0 Å². The molecule has 1 fully saturated rings. The van der Waals surface area contributed by atoms with Crippen molar-refractivity contribution in [3.8, 4) is 0 Å². The number of aliphatic carboxylic acids is 1. The molecule has 3 amide bonds. The molecule has 0 aromatic heterocycles. The molecule has 9 heteroatoms. The minimum atomic E-state index is -3.83. The van der Waals surface area contributed by atoms with Crippen LogP contribution in [0.2, 0.25) is 0 Å². The number of nitrogens with one attached hydrogen (secondary N) is 1. The van der Waals surface area contributed by atoms with Gasteiger partial charge in [0.05, 0.1) is 12.2 Å². The summed E-state index contributed by atoms with van der Waals surface area (Å²) in [4.78, 5) is 32.6. The van der Waals surface area contributed by atoms with Crippen molar-refractivity contribution in [2.45, 2.75) is 31.4 Å². The molecule has 1 aliphatic rings. The number of carboxylic acid groups (broad SMARTS) is 1. The highest BCUT2D eigenvalue weighted by Gasteiger charge is 2.49. The molecule has 0 aliphatic heterocycles. The summed E-state index contributed by atoms with van der Waals surface area (Å²) in [6, 6.07) is -1.13. The number of hydrogen-bond acceptors (Lipinski definition) is 5. The first-order valence-corrected chi connectivity index (χ1v) is 7.33. The molecule has 0 bridgehead atoms. The molecule has 1 unspecified atom stereocenters. The lowest BCUT2D eigenvalue weighted by Crippen LogP contribution is -2.45. The standard InChI is InChI=1S/C10H16N2O6S/c1-6(8(15)12-9(11)16)19(17,18)5-10(2-3-10)4-7(13)14/h6H,2-5H2,1H3,(H,13,14)(H3,11,12,15,16). The first-order chi connectivity index (χ1) is 8.58. The van der Waals surface area contributed by atoms with Crippen molar-refractivity contribution in [3.63, 3.8) is 0 Å². The summed E-state index contributed by atoms with van der Waals surface area (Å²) < 4.78 is 24.0. The molecule has 0 saturated heterocycles. The number of primary amides is 1. The van der Waals surface area contributed by atoms with Crippen LogP contribution in [0.25, 0.3) is 0 Å². The number of rotatable bonds is 6. The van der Waals surface area contributed by atoms with Crippen molar-refractivity contribution in [1.29, 1.82) is 0 Å². The van der Waals surface area contributed by atoms with Crippen LogP contribution >= 0.6 is 0 Å². The summed E-state index contributed by atoms with van der Waals surface area (Å²) in [7, 11) is -3.83. The predicted octanol–water partition coefficient (Wildman–Crippen LogP) is -0.761. The Morgan fingerprint density at radius 1 is 1.37 bits per heavy atom. The third-order valence-electron chi connectivity index (χ3n) is 3.15. The fourth-order valence-electron chi connectivity index (χ4n) is 1.81. The Morgan fingerprint density at radius 3 is 2.26 bits per heavy atom. The van der Waals surface area contributed by atoms with Crippen LogP contribution in [0.3, 0.4) is 0 Å². The Hall–Kier alpha value is -1.64. The van der Waals surface area contributed by atoms with Crippen LogP contribution < -0.4 is 11.1 Å². The molecule has 0 aromatic rings. The Balaban J connectivity index is 2.73. The lowest BCUT2D eigenvalue weighted by Gasteiger charge is -2.16. The van der Waals surface area contributed by atoms with Crippen LogP contribution in [-0.2, 0) is 19.4 Å². The number of urea groups is 1. The summed E-state index contributed by atoms with van der Waals surface area (Å²) in [5.74, 6) is -2.44. The second-order valence-electron chi connectivity index (χ2n) is 4.87. The molecule has 0 spiro atoms. The van der Waals surface area contributed by atoms with Crippen molar-refractivity contribution in [2.75, 3.05) is 5.75 Å². The molecule has 19 heavy (non-hydrogen) atoms. The number of nitrogens with two attached hydrogens (primary N) is 1. The van der Waals surface area contributed by atoms with Crippen LogP contribution in [0, 0.1) is 5.41 Å². The van der Waals surface area contributed by atoms with E-state index in [0.717, 1.165) is 6.92 Å². The quantitative estimate of drug-likeness (QED) is 0.587. The van der Waals surface area contributed by atoms with Gasteiger partial charge in [-0.3, -0.25) is 14.9 Å². The normalized spacial score (nSPS) is 18.4. The first kappa shape index (κ1) is 15.4. The lowest BCUT2D eigenvalue weighted by molar-refractivity contribution is -0.138. The zero-order chi connectivity index (χ0) is 14.8. The van der Waals surface area contributed by atoms with E-state index < -0.39 is 38.4 Å². The van der Waals surface area contributed by atoms with E-state index in [9.17, 15) is 22.8 Å². The molecule has 1 rings (SSSR count). The average Bonchev–Trinajstić information content (AvgIpc) is 2.93. The fraction of sp³-hybridized carbons (Fsp3) is 0.700. The second kappa shape index (κ2) is 5.16. The summed E-state index contributed by atoms with van der Waals surface area (Å²) in [6.07, 6.45) is 0.766. The summed E-state index contributed by atoms with van der Waals surface area (Å²) in [6.45, 7) is 1.14. The van der Waals surface area contributed by atoms with Gasteiger partial charge in [0.15, 0.2) is 9.84 Å². The van der Waals surface area contributed by atoms with Gasteiger partial charge < -0.3 is 10.8 Å². The Labute approximate surface area is 110 Å². The van der Waals surface area contributed by atoms with Crippen molar-refractivity contribution in [2.24, 2.45) is 11.1 Å². The zero-order valence-electron chi connectivity index (χ0n) is 10.4. The number of sulfone groups is 1. The maximum Gasteiger partial charge on any atom is 0.318 e. The van der Waals surface area contributed by atoms with Crippen LogP contribution in [0.5, 0.6) is 0 Å². The smallest absolute Gasteiger partial charge is 0.318 e. The van der Waals surface area contributed by atoms with Gasteiger partial charge in [-0.1, -0.05) is 0 Å². The lowest BCUT2D eigenvalue weighted by atomic mass is 10.1. The Kier molecular flexibility index (Phi) is 4.18. The molecule has 1 saturated carbocycles. The van der Waals surface area contributed by atoms with Crippen molar-refractivity contribution in [3.05, 3.63) is 0 Å². The van der Waals surface area contributed by atoms with Gasteiger partial charge in [0.1, 0.15) is 5.25 Å². The SMILES string of the molecule is CC(C(=O)NC(N)=O)S(=O)(=O)CC1(CC(=O)O)CC1. The van der Waals surface area contributed by atoms with E-state index in [0.29, 0.717) is 12.8 Å². The summed E-state index contributed by atoms with van der Waals surface area (Å²) in [5.41, 5.74) is 3.96. The summed E-state index contributed by atoms with van der Waals surface area (Å²) in [5, 5.41) is 8.98. The van der Waals surface area contributed by atoms with E-state index in [2.05, 4.69) is 0 Å². The van der Waals surface area contributed by atoms with Gasteiger partial charge in [-0.2, -0.15) is 0 Å². The molecule has 0 heterocycles. The van der Waals surface area contributed by atoms with Gasteiger partial charge in [0.2, 0.25) is 5.91 Å². The molecular weight excluding hydrogens is 276 g/mol. The third kappa shape index (κ3) is 4.19. The van der Waals surface area contributed by atoms with Gasteiger partial charge in [-0.25, -0.2) is 13.2 Å². The molecule has 4 N–H and O–H groups in total. The van der Waals surface area contributed by atoms with Gasteiger partial charge in [-0.15, -0.1) is 0 Å². The molecule has 1 atom stereocenters. The van der Waals surface area contributed by atoms with E-state index in [1.54, 1.807) is 5.32 Å². The van der Waals surface area contributed by atoms with Crippen LogP contribution in [0.4, 0.5) is 4.79 Å². The predicted molar refractivity (Wildman–Crippen MR) is 64.9 cm³/mol. The highest BCUT2D eigenvalue weighted by atomic mass is 32.2. The first-order valence-electron chi connectivity index (χ1n) is 5.62. The topological polar surface area (TPSA) is 144 Å². The van der Waals surface area contributed by atoms with Crippen molar-refractivity contribution < 1.29 is 27.9 Å². The number of amides is 3. The molecule has 0 radical (unpaired) electrons. The minimum absolute atomic E-state index is 0.240. The maximum absolute atomic E-state index is 12.0. The third-order valence-corrected chi connectivity index (χ3v) is 5.45.